The smallest absolute Gasteiger partial charge is 0.313 e. The number of rotatable bonds is 5. The summed E-state index contributed by atoms with van der Waals surface area (Å²) in [4.78, 5) is 0.228. The minimum atomic E-state index is -4.22. The molecule has 0 spiro atoms. The average molecular weight is 291 g/mol. The van der Waals surface area contributed by atoms with Crippen LogP contribution in [0.5, 0.6) is 0 Å². The van der Waals surface area contributed by atoms with Gasteiger partial charge in [0.2, 0.25) is 0 Å². The van der Waals surface area contributed by atoms with Crippen molar-refractivity contribution in [2.75, 3.05) is 6.54 Å². The van der Waals surface area contributed by atoms with Crippen LogP contribution in [0, 0.1) is 5.41 Å². The summed E-state index contributed by atoms with van der Waals surface area (Å²) in [7, 11) is 0. The van der Waals surface area contributed by atoms with Crippen molar-refractivity contribution in [3.05, 3.63) is 29.8 Å². The topological polar surface area (TPSA) is 12.0 Å². The van der Waals surface area contributed by atoms with Crippen molar-refractivity contribution in [3.63, 3.8) is 0 Å². The maximum absolute atomic E-state index is 12.2. The highest BCUT2D eigenvalue weighted by atomic mass is 32.2. The van der Waals surface area contributed by atoms with Gasteiger partial charge in [0.25, 0.3) is 0 Å². The van der Waals surface area contributed by atoms with Crippen LogP contribution < -0.4 is 5.32 Å². The maximum atomic E-state index is 12.2. The molecule has 0 aliphatic heterocycles. The Kier molecular flexibility index (Phi) is 5.74. The Morgan fingerprint density at radius 1 is 1.05 bits per heavy atom. The summed E-state index contributed by atoms with van der Waals surface area (Å²) < 4.78 is 36.5. The summed E-state index contributed by atoms with van der Waals surface area (Å²) in [5.74, 6) is 0. The number of hydrogen-bond acceptors (Lipinski definition) is 2. The van der Waals surface area contributed by atoms with E-state index in [1.54, 1.807) is 12.1 Å². The lowest BCUT2D eigenvalue weighted by Crippen LogP contribution is -2.20. The Bertz CT molecular complexity index is 379. The Morgan fingerprint density at radius 2 is 1.63 bits per heavy atom. The second-order valence-corrected chi connectivity index (χ2v) is 6.82. The van der Waals surface area contributed by atoms with Crippen LogP contribution >= 0.6 is 11.8 Å². The molecule has 0 bridgehead atoms. The van der Waals surface area contributed by atoms with Gasteiger partial charge in [-0.2, -0.15) is 13.2 Å². The van der Waals surface area contributed by atoms with Gasteiger partial charge in [-0.25, -0.2) is 0 Å². The molecular weight excluding hydrogens is 271 g/mol. The predicted octanol–water partition coefficient (Wildman–Crippen LogP) is 4.82. The zero-order valence-corrected chi connectivity index (χ0v) is 12.3. The van der Waals surface area contributed by atoms with Gasteiger partial charge in [0.1, 0.15) is 0 Å². The number of thioether (sulfide) groups is 1. The third kappa shape index (κ3) is 8.16. The first kappa shape index (κ1) is 16.4. The van der Waals surface area contributed by atoms with Crippen LogP contribution in [-0.2, 0) is 6.54 Å². The fourth-order valence-electron chi connectivity index (χ4n) is 1.51. The van der Waals surface area contributed by atoms with E-state index in [0.29, 0.717) is 12.0 Å². The molecular formula is C14H20F3NS. The van der Waals surface area contributed by atoms with E-state index in [1.807, 2.05) is 0 Å². The molecule has 0 saturated carbocycles. The van der Waals surface area contributed by atoms with E-state index >= 15 is 0 Å². The molecule has 0 atom stereocenters. The Hall–Kier alpha value is -0.680. The fraction of sp³-hybridized carbons (Fsp3) is 0.571. The van der Waals surface area contributed by atoms with E-state index in [2.05, 4.69) is 26.1 Å². The third-order valence-electron chi connectivity index (χ3n) is 2.54. The van der Waals surface area contributed by atoms with Crippen molar-refractivity contribution in [1.82, 2.24) is 5.32 Å². The molecule has 1 nitrogen and oxygen atoms in total. The number of hydrogen-bond donors (Lipinski definition) is 1. The van der Waals surface area contributed by atoms with Gasteiger partial charge >= 0.3 is 5.51 Å². The summed E-state index contributed by atoms with van der Waals surface area (Å²) in [6.45, 7) is 8.13. The van der Waals surface area contributed by atoms with Gasteiger partial charge in [-0.05, 0) is 47.8 Å². The lowest BCUT2D eigenvalue weighted by atomic mass is 9.92. The lowest BCUT2D eigenvalue weighted by Gasteiger charge is -2.18. The molecule has 0 aliphatic rings. The molecule has 1 N–H and O–H groups in total. The zero-order valence-electron chi connectivity index (χ0n) is 11.5. The van der Waals surface area contributed by atoms with Crippen LogP contribution in [0.4, 0.5) is 13.2 Å². The third-order valence-corrected chi connectivity index (χ3v) is 3.28. The molecule has 0 aliphatic carbocycles. The predicted molar refractivity (Wildman–Crippen MR) is 74.1 cm³/mol. The molecule has 0 unspecified atom stereocenters. The Morgan fingerprint density at radius 3 is 2.11 bits per heavy atom. The Balaban J connectivity index is 2.36. The summed E-state index contributed by atoms with van der Waals surface area (Å²) in [6, 6.07) is 6.49. The van der Waals surface area contributed by atoms with Gasteiger partial charge in [0, 0.05) is 11.4 Å². The van der Waals surface area contributed by atoms with Crippen LogP contribution in [-0.4, -0.2) is 12.1 Å². The van der Waals surface area contributed by atoms with E-state index < -0.39 is 5.51 Å². The van der Waals surface area contributed by atoms with E-state index in [1.165, 1.54) is 12.1 Å². The average Bonchev–Trinajstić information content (AvgIpc) is 2.23. The van der Waals surface area contributed by atoms with Gasteiger partial charge in [-0.1, -0.05) is 32.9 Å². The second-order valence-electron chi connectivity index (χ2n) is 5.68. The quantitative estimate of drug-likeness (QED) is 0.616. The van der Waals surface area contributed by atoms with Crippen molar-refractivity contribution >= 4 is 11.8 Å². The number of benzene rings is 1. The molecule has 1 aromatic carbocycles. The van der Waals surface area contributed by atoms with Crippen LogP contribution in [0.2, 0.25) is 0 Å². The van der Waals surface area contributed by atoms with Crippen LogP contribution in [0.15, 0.2) is 29.2 Å². The molecule has 0 saturated heterocycles. The van der Waals surface area contributed by atoms with Gasteiger partial charge in [-0.3, -0.25) is 0 Å². The van der Waals surface area contributed by atoms with E-state index in [4.69, 9.17) is 0 Å². The second kappa shape index (κ2) is 6.66. The number of alkyl halides is 3. The van der Waals surface area contributed by atoms with E-state index in [-0.39, 0.29) is 16.7 Å². The van der Waals surface area contributed by atoms with E-state index in [0.717, 1.165) is 18.5 Å². The summed E-state index contributed by atoms with van der Waals surface area (Å²) >= 11 is -0.0792. The summed E-state index contributed by atoms with van der Waals surface area (Å²) in [5.41, 5.74) is -2.92. The zero-order chi connectivity index (χ0) is 14.5. The minimum Gasteiger partial charge on any atom is -0.313 e. The van der Waals surface area contributed by atoms with Crippen molar-refractivity contribution in [1.29, 1.82) is 0 Å². The van der Waals surface area contributed by atoms with Crippen LogP contribution in [0.3, 0.4) is 0 Å². The van der Waals surface area contributed by atoms with Gasteiger partial charge in [-0.15, -0.1) is 0 Å². The molecule has 0 amide bonds. The molecule has 19 heavy (non-hydrogen) atoms. The normalized spacial score (nSPS) is 12.7. The lowest BCUT2D eigenvalue weighted by molar-refractivity contribution is -0.0328. The fourth-order valence-corrected chi connectivity index (χ4v) is 2.04. The van der Waals surface area contributed by atoms with Crippen molar-refractivity contribution in [2.45, 2.75) is 44.1 Å². The van der Waals surface area contributed by atoms with Gasteiger partial charge in [0.05, 0.1) is 0 Å². The molecule has 0 fully saturated rings. The standard InChI is InChI=1S/C14H20F3NS/c1-13(2,3)8-9-18-10-11-4-6-12(7-5-11)19-14(15,16)17/h4-7,18H,8-10H2,1-3H3. The van der Waals surface area contributed by atoms with Crippen LogP contribution in [0.25, 0.3) is 0 Å². The highest BCUT2D eigenvalue weighted by Gasteiger charge is 2.28. The summed E-state index contributed by atoms with van der Waals surface area (Å²) in [5, 5.41) is 3.30. The van der Waals surface area contributed by atoms with Crippen molar-refractivity contribution in [3.8, 4) is 0 Å². The first-order valence-electron chi connectivity index (χ1n) is 6.21. The highest BCUT2D eigenvalue weighted by Crippen LogP contribution is 2.36. The molecule has 5 heteroatoms. The molecule has 1 aromatic rings. The molecule has 0 radical (unpaired) electrons. The number of halogens is 3. The molecule has 108 valence electrons. The van der Waals surface area contributed by atoms with Gasteiger partial charge in [0.15, 0.2) is 0 Å². The molecule has 0 heterocycles. The highest BCUT2D eigenvalue weighted by molar-refractivity contribution is 8.00. The molecule has 0 aromatic heterocycles. The maximum Gasteiger partial charge on any atom is 0.446 e. The van der Waals surface area contributed by atoms with Crippen molar-refractivity contribution < 1.29 is 13.2 Å². The van der Waals surface area contributed by atoms with Gasteiger partial charge < -0.3 is 5.32 Å². The monoisotopic (exact) mass is 291 g/mol. The first-order valence-corrected chi connectivity index (χ1v) is 7.03. The minimum absolute atomic E-state index is 0.0792. The van der Waals surface area contributed by atoms with Crippen LogP contribution in [0.1, 0.15) is 32.8 Å². The first-order chi connectivity index (χ1) is 8.66. The van der Waals surface area contributed by atoms with E-state index in [9.17, 15) is 13.2 Å². The molecule has 1 rings (SSSR count). The SMILES string of the molecule is CC(C)(C)CCNCc1ccc(SC(F)(F)F)cc1. The largest absolute Gasteiger partial charge is 0.446 e. The number of nitrogens with one attached hydrogen (secondary N) is 1. The van der Waals surface area contributed by atoms with Crippen molar-refractivity contribution in [2.24, 2.45) is 5.41 Å². The summed E-state index contributed by atoms with van der Waals surface area (Å²) in [6.07, 6.45) is 1.06. The Labute approximate surface area is 117 Å².